The maximum Gasteiger partial charge on any atom is 0.263 e. The number of aromatic nitrogens is 1. The first-order chi connectivity index (χ1) is 9.92. The van der Waals surface area contributed by atoms with Crippen molar-refractivity contribution in [3.05, 3.63) is 42.6 Å². The van der Waals surface area contributed by atoms with Gasteiger partial charge in [0.2, 0.25) is 0 Å². The van der Waals surface area contributed by atoms with Crippen LogP contribution in [0, 0.1) is 0 Å². The van der Waals surface area contributed by atoms with E-state index >= 15 is 0 Å². The van der Waals surface area contributed by atoms with E-state index < -0.39 is 10.0 Å². The van der Waals surface area contributed by atoms with Gasteiger partial charge >= 0.3 is 0 Å². The minimum absolute atomic E-state index is 0.123. The molecule has 1 heterocycles. The predicted molar refractivity (Wildman–Crippen MR) is 85.4 cm³/mol. The molecule has 0 fully saturated rings. The van der Waals surface area contributed by atoms with Gasteiger partial charge in [0.25, 0.3) is 10.0 Å². The summed E-state index contributed by atoms with van der Waals surface area (Å²) in [6, 6.07) is 10.3. The molecule has 1 aromatic heterocycles. The fraction of sp³-hybridized carbons (Fsp3) is 0.214. The van der Waals surface area contributed by atoms with Crippen molar-refractivity contribution in [1.29, 1.82) is 0 Å². The summed E-state index contributed by atoms with van der Waals surface area (Å²) in [5.41, 5.74) is 1.51. The Morgan fingerprint density at radius 2 is 1.71 bits per heavy atom. The molecule has 2 N–H and O–H groups in total. The SMILES string of the molecule is CNc1ccc(S(=O)(=O)Nc2ccc(N(C)C)cc2)cn1. The number of rotatable bonds is 5. The van der Waals surface area contributed by atoms with Crippen LogP contribution in [0.15, 0.2) is 47.5 Å². The number of benzene rings is 1. The molecule has 7 heteroatoms. The van der Waals surface area contributed by atoms with Gasteiger partial charge in [-0.15, -0.1) is 0 Å². The van der Waals surface area contributed by atoms with Crippen molar-refractivity contribution in [2.24, 2.45) is 0 Å². The maximum absolute atomic E-state index is 12.2. The van der Waals surface area contributed by atoms with Gasteiger partial charge in [0, 0.05) is 38.7 Å². The number of hydrogen-bond donors (Lipinski definition) is 2. The third kappa shape index (κ3) is 3.63. The third-order valence-corrected chi connectivity index (χ3v) is 4.31. The molecule has 0 aliphatic heterocycles. The Morgan fingerprint density at radius 1 is 1.05 bits per heavy atom. The van der Waals surface area contributed by atoms with Crippen molar-refractivity contribution in [1.82, 2.24) is 4.98 Å². The van der Waals surface area contributed by atoms with Gasteiger partial charge in [-0.2, -0.15) is 0 Å². The number of hydrogen-bond acceptors (Lipinski definition) is 5. The van der Waals surface area contributed by atoms with Crippen molar-refractivity contribution >= 4 is 27.2 Å². The summed E-state index contributed by atoms with van der Waals surface area (Å²) < 4.78 is 27.0. The van der Waals surface area contributed by atoms with Crippen LogP contribution in [0.4, 0.5) is 17.2 Å². The molecule has 1 aromatic carbocycles. The predicted octanol–water partition coefficient (Wildman–Crippen LogP) is 1.99. The van der Waals surface area contributed by atoms with Gasteiger partial charge in [0.15, 0.2) is 0 Å². The average Bonchev–Trinajstić information content (AvgIpc) is 2.47. The highest BCUT2D eigenvalue weighted by Crippen LogP contribution is 2.19. The zero-order chi connectivity index (χ0) is 15.5. The van der Waals surface area contributed by atoms with E-state index in [9.17, 15) is 8.42 Å². The lowest BCUT2D eigenvalue weighted by Crippen LogP contribution is -2.14. The Balaban J connectivity index is 2.19. The van der Waals surface area contributed by atoms with Gasteiger partial charge in [-0.05, 0) is 36.4 Å². The number of nitrogens with one attached hydrogen (secondary N) is 2. The number of pyridine rings is 1. The van der Waals surface area contributed by atoms with E-state index in [2.05, 4.69) is 15.0 Å². The molecule has 0 saturated heterocycles. The standard InChI is InChI=1S/C14H18N4O2S/c1-15-14-9-8-13(10-16-14)21(19,20)17-11-4-6-12(7-5-11)18(2)3/h4-10,17H,1-3H3,(H,15,16). The zero-order valence-electron chi connectivity index (χ0n) is 12.2. The molecule has 0 atom stereocenters. The van der Waals surface area contributed by atoms with Crippen molar-refractivity contribution < 1.29 is 8.42 Å². The second kappa shape index (κ2) is 6.01. The third-order valence-electron chi connectivity index (χ3n) is 2.94. The minimum atomic E-state index is -3.63. The van der Waals surface area contributed by atoms with Crippen LogP contribution in [0.1, 0.15) is 0 Å². The number of sulfonamides is 1. The van der Waals surface area contributed by atoms with Gasteiger partial charge in [-0.1, -0.05) is 0 Å². The summed E-state index contributed by atoms with van der Waals surface area (Å²) in [4.78, 5) is 6.07. The van der Waals surface area contributed by atoms with Crippen molar-refractivity contribution in [2.75, 3.05) is 36.1 Å². The van der Waals surface area contributed by atoms with E-state index in [4.69, 9.17) is 0 Å². The van der Waals surface area contributed by atoms with Gasteiger partial charge in [0.05, 0.1) is 0 Å². The lowest BCUT2D eigenvalue weighted by atomic mass is 10.3. The average molecular weight is 306 g/mol. The van der Waals surface area contributed by atoms with Crippen molar-refractivity contribution in [2.45, 2.75) is 4.90 Å². The monoisotopic (exact) mass is 306 g/mol. The Bertz CT molecular complexity index is 695. The molecular formula is C14H18N4O2S. The molecule has 2 aromatic rings. The van der Waals surface area contributed by atoms with Crippen molar-refractivity contribution in [3.63, 3.8) is 0 Å². The summed E-state index contributed by atoms with van der Waals surface area (Å²) in [7, 11) is 1.95. The van der Waals surface area contributed by atoms with E-state index in [1.54, 1.807) is 25.2 Å². The molecule has 21 heavy (non-hydrogen) atoms. The number of anilines is 3. The van der Waals surface area contributed by atoms with Crippen LogP contribution < -0.4 is 14.9 Å². The summed E-state index contributed by atoms with van der Waals surface area (Å²) in [6.45, 7) is 0. The summed E-state index contributed by atoms with van der Waals surface area (Å²) >= 11 is 0. The first-order valence-corrected chi connectivity index (χ1v) is 7.85. The molecule has 0 radical (unpaired) electrons. The Labute approximate surface area is 124 Å². The molecule has 0 amide bonds. The van der Waals surface area contributed by atoms with E-state index in [0.717, 1.165) is 5.69 Å². The lowest BCUT2D eigenvalue weighted by molar-refractivity contribution is 0.601. The normalized spacial score (nSPS) is 11.0. The van der Waals surface area contributed by atoms with E-state index in [1.807, 2.05) is 31.1 Å². The first-order valence-electron chi connectivity index (χ1n) is 6.36. The lowest BCUT2D eigenvalue weighted by Gasteiger charge is -2.13. The van der Waals surface area contributed by atoms with Gasteiger partial charge in [-0.3, -0.25) is 4.72 Å². The highest BCUT2D eigenvalue weighted by atomic mass is 32.2. The second-order valence-electron chi connectivity index (χ2n) is 4.68. The van der Waals surface area contributed by atoms with Crippen LogP contribution in [0.5, 0.6) is 0 Å². The summed E-state index contributed by atoms with van der Waals surface area (Å²) in [6.07, 6.45) is 1.32. The topological polar surface area (TPSA) is 74.3 Å². The van der Waals surface area contributed by atoms with Gasteiger partial charge in [-0.25, -0.2) is 13.4 Å². The summed E-state index contributed by atoms with van der Waals surface area (Å²) in [5, 5.41) is 2.84. The highest BCUT2D eigenvalue weighted by Gasteiger charge is 2.14. The molecule has 0 bridgehead atoms. The Hall–Kier alpha value is -2.28. The molecule has 2 rings (SSSR count). The highest BCUT2D eigenvalue weighted by molar-refractivity contribution is 7.92. The molecule has 0 unspecified atom stereocenters. The van der Waals surface area contributed by atoms with Crippen LogP contribution in [0.2, 0.25) is 0 Å². The summed E-state index contributed by atoms with van der Waals surface area (Å²) in [5.74, 6) is 0.615. The molecule has 6 nitrogen and oxygen atoms in total. The fourth-order valence-corrected chi connectivity index (χ4v) is 2.73. The Kier molecular flexibility index (Phi) is 4.32. The molecular weight excluding hydrogens is 288 g/mol. The van der Waals surface area contributed by atoms with Crippen LogP contribution in [0.25, 0.3) is 0 Å². The van der Waals surface area contributed by atoms with Crippen LogP contribution >= 0.6 is 0 Å². The second-order valence-corrected chi connectivity index (χ2v) is 6.36. The van der Waals surface area contributed by atoms with Crippen molar-refractivity contribution in [3.8, 4) is 0 Å². The molecule has 0 spiro atoms. The van der Waals surface area contributed by atoms with E-state index in [1.165, 1.54) is 12.3 Å². The minimum Gasteiger partial charge on any atom is -0.378 e. The van der Waals surface area contributed by atoms with E-state index in [0.29, 0.717) is 11.5 Å². The van der Waals surface area contributed by atoms with Crippen LogP contribution in [-0.2, 0) is 10.0 Å². The molecule has 0 saturated carbocycles. The molecule has 0 aliphatic carbocycles. The Morgan fingerprint density at radius 3 is 2.19 bits per heavy atom. The van der Waals surface area contributed by atoms with E-state index in [-0.39, 0.29) is 4.90 Å². The fourth-order valence-electron chi connectivity index (χ4n) is 1.73. The number of nitrogens with zero attached hydrogens (tertiary/aromatic N) is 2. The first kappa shape index (κ1) is 15.1. The quantitative estimate of drug-likeness (QED) is 0.883. The smallest absolute Gasteiger partial charge is 0.263 e. The van der Waals surface area contributed by atoms with Gasteiger partial charge in [0.1, 0.15) is 10.7 Å². The molecule has 0 aliphatic rings. The van der Waals surface area contributed by atoms with Crippen LogP contribution in [-0.4, -0.2) is 34.5 Å². The van der Waals surface area contributed by atoms with Crippen LogP contribution in [0.3, 0.4) is 0 Å². The zero-order valence-corrected chi connectivity index (χ0v) is 13.0. The van der Waals surface area contributed by atoms with Gasteiger partial charge < -0.3 is 10.2 Å². The molecule has 112 valence electrons. The largest absolute Gasteiger partial charge is 0.378 e. The maximum atomic E-state index is 12.2.